The van der Waals surface area contributed by atoms with E-state index >= 15 is 0 Å². The largest absolute Gasteiger partial charge is 0.481 e. The molecule has 0 aromatic heterocycles. The molecule has 1 aliphatic rings. The monoisotopic (exact) mass is 306 g/mol. The summed E-state index contributed by atoms with van der Waals surface area (Å²) < 4.78 is 29.0. The van der Waals surface area contributed by atoms with Crippen LogP contribution in [0.25, 0.3) is 0 Å². The number of rotatable bonds is 7. The molecule has 20 heavy (non-hydrogen) atoms. The van der Waals surface area contributed by atoms with Gasteiger partial charge in [0.2, 0.25) is 0 Å². The van der Waals surface area contributed by atoms with E-state index in [0.29, 0.717) is 19.4 Å². The normalized spacial score (nSPS) is 21.9. The van der Waals surface area contributed by atoms with Crippen LogP contribution in [0.2, 0.25) is 0 Å². The van der Waals surface area contributed by atoms with Crippen LogP contribution in [-0.2, 0) is 15.0 Å². The molecule has 1 atom stereocenters. The van der Waals surface area contributed by atoms with Crippen LogP contribution in [0.3, 0.4) is 0 Å². The number of hydrogen-bond acceptors (Lipinski definition) is 3. The number of hydrogen-bond donors (Lipinski definition) is 2. The Morgan fingerprint density at radius 3 is 2.30 bits per heavy atom. The van der Waals surface area contributed by atoms with Crippen LogP contribution in [0, 0.1) is 5.92 Å². The third-order valence-electron chi connectivity index (χ3n) is 4.45. The van der Waals surface area contributed by atoms with Gasteiger partial charge in [0, 0.05) is 18.6 Å². The lowest BCUT2D eigenvalue weighted by molar-refractivity contribution is -0.142. The lowest BCUT2D eigenvalue weighted by Crippen LogP contribution is -2.55. The van der Waals surface area contributed by atoms with Crippen LogP contribution < -0.4 is 4.72 Å². The number of piperidine rings is 1. The Bertz CT molecular complexity index is 423. The van der Waals surface area contributed by atoms with Gasteiger partial charge in [0.25, 0.3) is 10.2 Å². The van der Waals surface area contributed by atoms with Crippen molar-refractivity contribution in [3.05, 3.63) is 0 Å². The minimum Gasteiger partial charge on any atom is -0.481 e. The summed E-state index contributed by atoms with van der Waals surface area (Å²) in [6.07, 6.45) is 3.29. The summed E-state index contributed by atoms with van der Waals surface area (Å²) in [4.78, 5) is 11.0. The van der Waals surface area contributed by atoms with Crippen molar-refractivity contribution in [2.45, 2.75) is 58.4 Å². The fourth-order valence-corrected chi connectivity index (χ4v) is 4.52. The van der Waals surface area contributed by atoms with Gasteiger partial charge in [-0.2, -0.15) is 17.4 Å². The molecule has 0 amide bonds. The van der Waals surface area contributed by atoms with E-state index in [1.807, 2.05) is 20.8 Å². The van der Waals surface area contributed by atoms with Gasteiger partial charge in [0.1, 0.15) is 0 Å². The molecule has 0 radical (unpaired) electrons. The Kier molecular flexibility index (Phi) is 5.97. The fourth-order valence-electron chi connectivity index (χ4n) is 2.67. The molecule has 0 aromatic carbocycles. The lowest BCUT2D eigenvalue weighted by Gasteiger charge is -2.36. The molecule has 1 heterocycles. The molecular formula is C13H26N2O4S. The number of carboxylic acid groups (broad SMARTS) is 1. The molecule has 1 unspecified atom stereocenters. The van der Waals surface area contributed by atoms with Crippen molar-refractivity contribution < 1.29 is 18.3 Å². The molecular weight excluding hydrogens is 280 g/mol. The van der Waals surface area contributed by atoms with Crippen molar-refractivity contribution in [1.82, 2.24) is 9.03 Å². The van der Waals surface area contributed by atoms with Gasteiger partial charge in [-0.3, -0.25) is 4.79 Å². The second-order valence-electron chi connectivity index (χ2n) is 5.48. The predicted octanol–water partition coefficient (Wildman–Crippen LogP) is 1.59. The fraction of sp³-hybridized carbons (Fsp3) is 0.923. The van der Waals surface area contributed by atoms with Gasteiger partial charge in [-0.25, -0.2) is 0 Å². The maximum absolute atomic E-state index is 12.5. The Morgan fingerprint density at radius 1 is 1.30 bits per heavy atom. The van der Waals surface area contributed by atoms with E-state index in [9.17, 15) is 13.2 Å². The first-order valence-corrected chi connectivity index (χ1v) is 8.76. The van der Waals surface area contributed by atoms with Crippen molar-refractivity contribution in [1.29, 1.82) is 0 Å². The first-order chi connectivity index (χ1) is 9.30. The number of nitrogens with zero attached hydrogens (tertiary/aromatic N) is 1. The summed E-state index contributed by atoms with van der Waals surface area (Å²) >= 11 is 0. The highest BCUT2D eigenvalue weighted by molar-refractivity contribution is 7.87. The van der Waals surface area contributed by atoms with Crippen molar-refractivity contribution in [3.63, 3.8) is 0 Å². The summed E-state index contributed by atoms with van der Waals surface area (Å²) in [7, 11) is -3.62. The minimum atomic E-state index is -3.62. The summed E-state index contributed by atoms with van der Waals surface area (Å²) in [6.45, 7) is 6.35. The van der Waals surface area contributed by atoms with Crippen molar-refractivity contribution in [2.75, 3.05) is 13.1 Å². The predicted molar refractivity (Wildman–Crippen MR) is 77.6 cm³/mol. The van der Waals surface area contributed by atoms with Crippen LogP contribution in [0.4, 0.5) is 0 Å². The molecule has 0 bridgehead atoms. The zero-order chi connectivity index (χ0) is 15.4. The first kappa shape index (κ1) is 17.4. The van der Waals surface area contributed by atoms with Gasteiger partial charge in [-0.15, -0.1) is 0 Å². The molecule has 1 saturated heterocycles. The first-order valence-electron chi connectivity index (χ1n) is 7.32. The Labute approximate surface area is 121 Å². The molecule has 7 heteroatoms. The van der Waals surface area contributed by atoms with E-state index in [1.165, 1.54) is 4.31 Å². The van der Waals surface area contributed by atoms with Crippen LogP contribution in [0.5, 0.6) is 0 Å². The molecule has 0 aliphatic carbocycles. The number of aliphatic carboxylic acids is 1. The molecule has 0 spiro atoms. The molecule has 1 rings (SSSR count). The Morgan fingerprint density at radius 2 is 1.85 bits per heavy atom. The molecule has 0 saturated carbocycles. The summed E-state index contributed by atoms with van der Waals surface area (Å²) in [5, 5.41) is 9.05. The highest BCUT2D eigenvalue weighted by atomic mass is 32.2. The summed E-state index contributed by atoms with van der Waals surface area (Å²) in [5.74, 6) is -1.52. The second-order valence-corrected chi connectivity index (χ2v) is 7.15. The van der Waals surface area contributed by atoms with Gasteiger partial charge >= 0.3 is 5.97 Å². The van der Waals surface area contributed by atoms with Crippen LogP contribution >= 0.6 is 0 Å². The summed E-state index contributed by atoms with van der Waals surface area (Å²) in [6, 6.07) is 0. The van der Waals surface area contributed by atoms with E-state index in [-0.39, 0.29) is 6.54 Å². The van der Waals surface area contributed by atoms with E-state index in [4.69, 9.17) is 5.11 Å². The lowest BCUT2D eigenvalue weighted by atomic mass is 9.91. The van der Waals surface area contributed by atoms with E-state index in [0.717, 1.165) is 19.3 Å². The Hall–Kier alpha value is -0.660. The quantitative estimate of drug-likeness (QED) is 0.748. The van der Waals surface area contributed by atoms with Crippen LogP contribution in [-0.4, -0.2) is 42.4 Å². The maximum atomic E-state index is 12.5. The van der Waals surface area contributed by atoms with Crippen molar-refractivity contribution in [2.24, 2.45) is 5.92 Å². The third kappa shape index (κ3) is 3.93. The molecule has 118 valence electrons. The number of carbonyl (C=O) groups is 1. The highest BCUT2D eigenvalue weighted by Gasteiger charge is 2.36. The summed E-state index contributed by atoms with van der Waals surface area (Å²) in [5.41, 5.74) is -0.436. The zero-order valence-corrected chi connectivity index (χ0v) is 13.4. The van der Waals surface area contributed by atoms with Gasteiger partial charge in [0.15, 0.2) is 0 Å². The standard InChI is InChI=1S/C13H26N2O4S/c1-4-13(5-2,6-3)14-20(18,19)15-9-7-8-11(10-15)12(16)17/h11,14H,4-10H2,1-3H3,(H,16,17). The van der Waals surface area contributed by atoms with E-state index < -0.39 is 27.6 Å². The van der Waals surface area contributed by atoms with E-state index in [2.05, 4.69) is 4.72 Å². The minimum absolute atomic E-state index is 0.0674. The van der Waals surface area contributed by atoms with Gasteiger partial charge < -0.3 is 5.11 Å². The third-order valence-corrected chi connectivity index (χ3v) is 6.15. The molecule has 1 fully saturated rings. The van der Waals surface area contributed by atoms with Gasteiger partial charge in [-0.1, -0.05) is 20.8 Å². The van der Waals surface area contributed by atoms with Crippen molar-refractivity contribution in [3.8, 4) is 0 Å². The van der Waals surface area contributed by atoms with Gasteiger partial charge in [0.05, 0.1) is 5.92 Å². The highest BCUT2D eigenvalue weighted by Crippen LogP contribution is 2.24. The Balaban J connectivity index is 2.85. The second kappa shape index (κ2) is 6.87. The smallest absolute Gasteiger partial charge is 0.307 e. The zero-order valence-electron chi connectivity index (χ0n) is 12.6. The number of nitrogens with one attached hydrogen (secondary N) is 1. The number of carboxylic acids is 1. The van der Waals surface area contributed by atoms with Crippen molar-refractivity contribution >= 4 is 16.2 Å². The average molecular weight is 306 g/mol. The SMILES string of the molecule is CCC(CC)(CC)NS(=O)(=O)N1CCCC(C(=O)O)C1. The maximum Gasteiger partial charge on any atom is 0.307 e. The van der Waals surface area contributed by atoms with Gasteiger partial charge in [-0.05, 0) is 32.1 Å². The topological polar surface area (TPSA) is 86.7 Å². The van der Waals surface area contributed by atoms with Crippen LogP contribution in [0.1, 0.15) is 52.9 Å². The average Bonchev–Trinajstić information content (AvgIpc) is 2.45. The van der Waals surface area contributed by atoms with Crippen LogP contribution in [0.15, 0.2) is 0 Å². The molecule has 1 aliphatic heterocycles. The van der Waals surface area contributed by atoms with E-state index in [1.54, 1.807) is 0 Å². The molecule has 6 nitrogen and oxygen atoms in total. The molecule has 2 N–H and O–H groups in total. The molecule has 0 aromatic rings.